The van der Waals surface area contributed by atoms with E-state index in [1.54, 1.807) is 9.58 Å². The van der Waals surface area contributed by atoms with Gasteiger partial charge in [-0.3, -0.25) is 4.79 Å². The highest BCUT2D eigenvalue weighted by Crippen LogP contribution is 2.38. The molecule has 1 aliphatic heterocycles. The predicted octanol–water partition coefficient (Wildman–Crippen LogP) is 1.96. The van der Waals surface area contributed by atoms with Crippen molar-refractivity contribution >= 4 is 17.3 Å². The van der Waals surface area contributed by atoms with Crippen LogP contribution < -0.4 is 5.56 Å². The molecule has 9 nitrogen and oxygen atoms in total. The minimum absolute atomic E-state index is 0.0695. The molecule has 0 radical (unpaired) electrons. The van der Waals surface area contributed by atoms with Crippen molar-refractivity contribution in [3.8, 4) is 0 Å². The zero-order chi connectivity index (χ0) is 18.5. The van der Waals surface area contributed by atoms with E-state index < -0.39 is 5.60 Å². The maximum atomic E-state index is 12.2. The van der Waals surface area contributed by atoms with Crippen LogP contribution in [0.1, 0.15) is 64.2 Å². The Balaban J connectivity index is 1.51. The van der Waals surface area contributed by atoms with E-state index >= 15 is 0 Å². The highest BCUT2D eigenvalue weighted by Gasteiger charge is 2.31. The van der Waals surface area contributed by atoms with E-state index in [2.05, 4.69) is 20.3 Å². The number of ether oxygens (including phenoxy) is 1. The summed E-state index contributed by atoms with van der Waals surface area (Å²) in [6.07, 6.45) is 3.29. The van der Waals surface area contributed by atoms with Gasteiger partial charge in [-0.05, 0) is 46.5 Å². The smallest absolute Gasteiger partial charge is 0.410 e. The number of H-pyrrole nitrogens is 1. The topological polar surface area (TPSA) is 106 Å². The van der Waals surface area contributed by atoms with Crippen molar-refractivity contribution in [3.63, 3.8) is 0 Å². The van der Waals surface area contributed by atoms with Gasteiger partial charge < -0.3 is 14.6 Å². The molecule has 9 heteroatoms. The van der Waals surface area contributed by atoms with Crippen molar-refractivity contribution in [2.45, 2.75) is 64.0 Å². The number of carbonyl (C=O) groups excluding carboxylic acids is 1. The second-order valence-electron chi connectivity index (χ2n) is 8.13. The maximum absolute atomic E-state index is 12.2. The number of hydrogen-bond acceptors (Lipinski definition) is 6. The molecule has 2 fully saturated rings. The van der Waals surface area contributed by atoms with E-state index in [4.69, 9.17) is 4.74 Å². The van der Waals surface area contributed by atoms with Crippen LogP contribution in [-0.4, -0.2) is 54.6 Å². The monoisotopic (exact) mass is 360 g/mol. The number of rotatable bonds is 2. The van der Waals surface area contributed by atoms with Crippen molar-refractivity contribution < 1.29 is 9.53 Å². The third-order valence-corrected chi connectivity index (χ3v) is 4.78. The summed E-state index contributed by atoms with van der Waals surface area (Å²) in [7, 11) is 0. The van der Waals surface area contributed by atoms with E-state index in [0.717, 1.165) is 31.5 Å². The number of aromatic amines is 1. The Kier molecular flexibility index (Phi) is 3.96. The number of carbonyl (C=O) groups is 1. The zero-order valence-electron chi connectivity index (χ0n) is 15.4. The SMILES string of the molecule is CC(C)(C)OC(=O)N1CCC(n2nnc3c(=O)[nH]c(C4CC4)nc32)CC1. The number of fused-ring (bicyclic) bond motifs is 1. The fourth-order valence-electron chi connectivity index (χ4n) is 3.27. The molecule has 1 saturated carbocycles. The zero-order valence-corrected chi connectivity index (χ0v) is 15.4. The molecule has 3 heterocycles. The Morgan fingerprint density at radius 2 is 1.88 bits per heavy atom. The average molecular weight is 360 g/mol. The first-order valence-electron chi connectivity index (χ1n) is 9.15. The highest BCUT2D eigenvalue weighted by molar-refractivity contribution is 5.69. The van der Waals surface area contributed by atoms with Crippen LogP contribution in [-0.2, 0) is 4.74 Å². The first-order valence-corrected chi connectivity index (χ1v) is 9.15. The Bertz CT molecular complexity index is 884. The van der Waals surface area contributed by atoms with Gasteiger partial charge in [0.2, 0.25) is 0 Å². The minimum Gasteiger partial charge on any atom is -0.444 e. The van der Waals surface area contributed by atoms with Crippen LogP contribution >= 0.6 is 0 Å². The molecule has 140 valence electrons. The van der Waals surface area contributed by atoms with E-state index in [9.17, 15) is 9.59 Å². The molecule has 26 heavy (non-hydrogen) atoms. The highest BCUT2D eigenvalue weighted by atomic mass is 16.6. The van der Waals surface area contributed by atoms with Gasteiger partial charge in [-0.15, -0.1) is 5.10 Å². The molecular formula is C17H24N6O3. The van der Waals surface area contributed by atoms with Gasteiger partial charge in [0.05, 0.1) is 6.04 Å². The molecular weight excluding hydrogens is 336 g/mol. The summed E-state index contributed by atoms with van der Waals surface area (Å²) in [6, 6.07) is 0.0695. The van der Waals surface area contributed by atoms with Crippen LogP contribution in [0.3, 0.4) is 0 Å². The predicted molar refractivity (Wildman–Crippen MR) is 94.0 cm³/mol. The lowest BCUT2D eigenvalue weighted by Crippen LogP contribution is -2.42. The summed E-state index contributed by atoms with van der Waals surface area (Å²) in [5.74, 6) is 1.08. The second kappa shape index (κ2) is 6.07. The number of likely N-dealkylation sites (tertiary alicyclic amines) is 1. The van der Waals surface area contributed by atoms with E-state index in [1.807, 2.05) is 20.8 Å². The maximum Gasteiger partial charge on any atom is 0.410 e. The molecule has 0 aromatic carbocycles. The van der Waals surface area contributed by atoms with Gasteiger partial charge in [-0.2, -0.15) is 0 Å². The Hall–Kier alpha value is -2.45. The molecule has 1 amide bonds. The van der Waals surface area contributed by atoms with E-state index in [-0.39, 0.29) is 23.2 Å². The van der Waals surface area contributed by atoms with Crippen molar-refractivity contribution in [3.05, 3.63) is 16.2 Å². The number of piperidine rings is 1. The number of amides is 1. The van der Waals surface area contributed by atoms with Gasteiger partial charge in [-0.1, -0.05) is 5.21 Å². The summed E-state index contributed by atoms with van der Waals surface area (Å²) in [5, 5.41) is 8.20. The second-order valence-corrected chi connectivity index (χ2v) is 8.13. The summed E-state index contributed by atoms with van der Waals surface area (Å²) >= 11 is 0. The molecule has 1 aliphatic carbocycles. The van der Waals surface area contributed by atoms with Crippen LogP contribution in [0, 0.1) is 0 Å². The average Bonchev–Trinajstić information content (AvgIpc) is 3.33. The van der Waals surface area contributed by atoms with Gasteiger partial charge in [0, 0.05) is 19.0 Å². The van der Waals surface area contributed by atoms with Gasteiger partial charge >= 0.3 is 6.09 Å². The van der Waals surface area contributed by atoms with Crippen LogP contribution in [0.2, 0.25) is 0 Å². The Morgan fingerprint density at radius 3 is 2.50 bits per heavy atom. The third kappa shape index (κ3) is 3.30. The summed E-state index contributed by atoms with van der Waals surface area (Å²) in [5.41, 5.74) is 0.102. The van der Waals surface area contributed by atoms with Crippen LogP contribution in [0.25, 0.3) is 11.2 Å². The Morgan fingerprint density at radius 1 is 1.19 bits per heavy atom. The first-order chi connectivity index (χ1) is 12.3. The normalized spacial score (nSPS) is 19.1. The van der Waals surface area contributed by atoms with Crippen LogP contribution in [0.4, 0.5) is 4.79 Å². The lowest BCUT2D eigenvalue weighted by Gasteiger charge is -2.33. The summed E-state index contributed by atoms with van der Waals surface area (Å²) in [4.78, 5) is 33.6. The van der Waals surface area contributed by atoms with E-state index in [1.165, 1.54) is 0 Å². The standard InChI is InChI=1S/C17H24N6O3/c1-17(2,3)26-16(25)22-8-6-11(7-9-22)23-14-12(20-21-23)15(24)19-13(18-14)10-4-5-10/h10-11H,4-9H2,1-3H3,(H,18,19,24). The minimum atomic E-state index is -0.500. The lowest BCUT2D eigenvalue weighted by atomic mass is 10.1. The number of hydrogen-bond donors (Lipinski definition) is 1. The molecule has 2 aliphatic rings. The number of nitrogens with one attached hydrogen (secondary N) is 1. The van der Waals surface area contributed by atoms with Crippen molar-refractivity contribution in [1.29, 1.82) is 0 Å². The van der Waals surface area contributed by atoms with Gasteiger partial charge in [0.1, 0.15) is 11.4 Å². The van der Waals surface area contributed by atoms with Gasteiger partial charge in [0.15, 0.2) is 11.2 Å². The number of nitrogens with zero attached hydrogens (tertiary/aromatic N) is 5. The molecule has 1 N–H and O–H groups in total. The van der Waals surface area contributed by atoms with E-state index in [0.29, 0.717) is 24.7 Å². The van der Waals surface area contributed by atoms with Crippen molar-refractivity contribution in [1.82, 2.24) is 29.9 Å². The quantitative estimate of drug-likeness (QED) is 0.877. The molecule has 1 saturated heterocycles. The molecule has 2 aromatic heterocycles. The fraction of sp³-hybridized carbons (Fsp3) is 0.706. The lowest BCUT2D eigenvalue weighted by molar-refractivity contribution is 0.0185. The van der Waals surface area contributed by atoms with Crippen molar-refractivity contribution in [2.75, 3.05) is 13.1 Å². The van der Waals surface area contributed by atoms with Crippen LogP contribution in [0.15, 0.2) is 4.79 Å². The number of aromatic nitrogens is 5. The summed E-state index contributed by atoms with van der Waals surface area (Å²) < 4.78 is 7.19. The molecule has 0 spiro atoms. The third-order valence-electron chi connectivity index (χ3n) is 4.78. The van der Waals surface area contributed by atoms with Gasteiger partial charge in [-0.25, -0.2) is 14.5 Å². The summed E-state index contributed by atoms with van der Waals surface area (Å²) in [6.45, 7) is 6.75. The van der Waals surface area contributed by atoms with Crippen LogP contribution in [0.5, 0.6) is 0 Å². The molecule has 4 rings (SSSR count). The van der Waals surface area contributed by atoms with Gasteiger partial charge in [0.25, 0.3) is 5.56 Å². The molecule has 0 bridgehead atoms. The molecule has 2 aromatic rings. The molecule has 0 unspecified atom stereocenters. The first kappa shape index (κ1) is 17.0. The Labute approximate surface area is 150 Å². The fourth-order valence-corrected chi connectivity index (χ4v) is 3.27. The molecule has 0 atom stereocenters. The van der Waals surface area contributed by atoms with Crippen molar-refractivity contribution in [2.24, 2.45) is 0 Å². The largest absolute Gasteiger partial charge is 0.444 e.